The fourth-order valence-electron chi connectivity index (χ4n) is 1.77. The summed E-state index contributed by atoms with van der Waals surface area (Å²) in [4.78, 5) is 20.9. The summed E-state index contributed by atoms with van der Waals surface area (Å²) in [6.07, 6.45) is 2.08. The van der Waals surface area contributed by atoms with E-state index in [-0.39, 0.29) is 10.5 Å². The van der Waals surface area contributed by atoms with Crippen molar-refractivity contribution >= 4 is 21.7 Å². The Morgan fingerprint density at radius 1 is 1.33 bits per heavy atom. The minimum absolute atomic E-state index is 0.0255. The summed E-state index contributed by atoms with van der Waals surface area (Å²) >= 11 is 0. The molecule has 0 bridgehead atoms. The lowest BCUT2D eigenvalue weighted by Crippen LogP contribution is -2.17. The van der Waals surface area contributed by atoms with Crippen molar-refractivity contribution in [3.63, 3.8) is 0 Å². The number of aliphatic carboxylic acids is 1. The standard InChI is InChI=1S/C8H9NO3S.C5H8O3/c1-13(11,12)7-5-3-2-4-6(7)8(9)10;6-5(7)4-2-1-3-8-4/h2-5H,1H3,(H2,9,10);4H,1-3H2,(H,6,7)/t;4-/m.1/s1. The number of ether oxygens (including phenoxy) is 1. The van der Waals surface area contributed by atoms with E-state index >= 15 is 0 Å². The van der Waals surface area contributed by atoms with Crippen LogP contribution in [0.4, 0.5) is 0 Å². The Balaban J connectivity index is 0.000000235. The lowest BCUT2D eigenvalue weighted by Gasteiger charge is -2.02. The lowest BCUT2D eigenvalue weighted by molar-refractivity contribution is -0.147. The lowest BCUT2D eigenvalue weighted by atomic mass is 10.2. The molecule has 7 nitrogen and oxygen atoms in total. The topological polar surface area (TPSA) is 124 Å². The molecule has 0 aromatic heterocycles. The van der Waals surface area contributed by atoms with Gasteiger partial charge in [-0.2, -0.15) is 0 Å². The molecule has 8 heteroatoms. The number of sulfone groups is 1. The number of carboxylic acid groups (broad SMARTS) is 1. The highest BCUT2D eigenvalue weighted by molar-refractivity contribution is 7.90. The van der Waals surface area contributed by atoms with Gasteiger partial charge in [0, 0.05) is 12.9 Å². The van der Waals surface area contributed by atoms with Crippen LogP contribution in [0.1, 0.15) is 23.2 Å². The van der Waals surface area contributed by atoms with Gasteiger partial charge >= 0.3 is 5.97 Å². The third-order valence-corrected chi connectivity index (χ3v) is 3.91. The molecule has 0 aliphatic carbocycles. The van der Waals surface area contributed by atoms with Crippen LogP contribution >= 0.6 is 0 Å². The van der Waals surface area contributed by atoms with Crippen molar-refractivity contribution in [2.45, 2.75) is 23.8 Å². The molecule has 1 fully saturated rings. The molecule has 1 heterocycles. The van der Waals surface area contributed by atoms with E-state index in [0.29, 0.717) is 13.0 Å². The summed E-state index contributed by atoms with van der Waals surface area (Å²) < 4.78 is 27.1. The van der Waals surface area contributed by atoms with Gasteiger partial charge in [0.25, 0.3) is 0 Å². The number of carbonyl (C=O) groups is 2. The number of hydrogen-bond donors (Lipinski definition) is 2. The number of carbonyl (C=O) groups excluding carboxylic acids is 1. The second-order valence-electron chi connectivity index (χ2n) is 4.47. The minimum Gasteiger partial charge on any atom is -0.479 e. The Kier molecular flexibility index (Phi) is 5.86. The minimum atomic E-state index is -3.38. The van der Waals surface area contributed by atoms with E-state index in [1.54, 1.807) is 12.1 Å². The molecule has 1 aliphatic rings. The molecule has 0 saturated carbocycles. The first kappa shape index (κ1) is 17.1. The number of primary amides is 1. The zero-order chi connectivity index (χ0) is 16.0. The van der Waals surface area contributed by atoms with Crippen molar-refractivity contribution in [2.24, 2.45) is 5.73 Å². The Morgan fingerprint density at radius 3 is 2.29 bits per heavy atom. The molecule has 1 aliphatic heterocycles. The molecular formula is C13H17NO6S. The Bertz CT molecular complexity index is 619. The molecule has 116 valence electrons. The van der Waals surface area contributed by atoms with Crippen molar-refractivity contribution in [3.8, 4) is 0 Å². The number of rotatable bonds is 3. The van der Waals surface area contributed by atoms with E-state index in [0.717, 1.165) is 12.7 Å². The van der Waals surface area contributed by atoms with Gasteiger partial charge in [0.05, 0.1) is 10.5 Å². The third kappa shape index (κ3) is 5.16. The second kappa shape index (κ2) is 7.19. The maximum atomic E-state index is 11.2. The average Bonchev–Trinajstić information content (AvgIpc) is 2.92. The molecule has 0 radical (unpaired) electrons. The molecule has 1 amide bonds. The van der Waals surface area contributed by atoms with Crippen molar-refractivity contribution in [3.05, 3.63) is 29.8 Å². The molecule has 2 rings (SSSR count). The molecule has 0 spiro atoms. The molecule has 1 saturated heterocycles. The average molecular weight is 315 g/mol. The van der Waals surface area contributed by atoms with Gasteiger partial charge in [-0.05, 0) is 25.0 Å². The first-order valence-corrected chi connectivity index (χ1v) is 8.06. The smallest absolute Gasteiger partial charge is 0.332 e. The maximum absolute atomic E-state index is 11.2. The van der Waals surface area contributed by atoms with E-state index in [2.05, 4.69) is 0 Å². The Morgan fingerprint density at radius 2 is 1.95 bits per heavy atom. The van der Waals surface area contributed by atoms with Crippen LogP contribution in [0.2, 0.25) is 0 Å². The van der Waals surface area contributed by atoms with Gasteiger partial charge in [-0.3, -0.25) is 4.79 Å². The Labute approximate surface area is 122 Å². The maximum Gasteiger partial charge on any atom is 0.332 e. The molecule has 1 aromatic rings. The SMILES string of the molecule is CS(=O)(=O)c1ccccc1C(N)=O.O=C(O)[C@H]1CCCO1. The van der Waals surface area contributed by atoms with Crippen LogP contribution in [0, 0.1) is 0 Å². The Hall–Kier alpha value is -1.93. The van der Waals surface area contributed by atoms with Crippen LogP contribution in [0.25, 0.3) is 0 Å². The largest absolute Gasteiger partial charge is 0.479 e. The summed E-state index contributed by atoms with van der Waals surface area (Å²) in [7, 11) is -3.38. The van der Waals surface area contributed by atoms with E-state index in [9.17, 15) is 18.0 Å². The van der Waals surface area contributed by atoms with Crippen LogP contribution < -0.4 is 5.73 Å². The predicted octanol–water partition coefficient (Wildman–Crippen LogP) is 0.439. The molecular weight excluding hydrogens is 298 g/mol. The zero-order valence-corrected chi connectivity index (χ0v) is 12.3. The number of carboxylic acids is 1. The first-order chi connectivity index (χ1) is 9.73. The van der Waals surface area contributed by atoms with Gasteiger partial charge in [0.15, 0.2) is 15.9 Å². The highest BCUT2D eigenvalue weighted by atomic mass is 32.2. The van der Waals surface area contributed by atoms with Gasteiger partial charge < -0.3 is 15.6 Å². The molecule has 3 N–H and O–H groups in total. The summed E-state index contributed by atoms with van der Waals surface area (Å²) in [5, 5.41) is 8.29. The van der Waals surface area contributed by atoms with Gasteiger partial charge in [0.1, 0.15) is 0 Å². The van der Waals surface area contributed by atoms with Gasteiger partial charge in [0.2, 0.25) is 5.91 Å². The number of nitrogens with two attached hydrogens (primary N) is 1. The van der Waals surface area contributed by atoms with E-state index in [1.165, 1.54) is 12.1 Å². The van der Waals surface area contributed by atoms with Crippen LogP contribution in [-0.4, -0.2) is 44.4 Å². The summed E-state index contributed by atoms with van der Waals surface area (Å²) in [5.74, 6) is -1.57. The monoisotopic (exact) mass is 315 g/mol. The number of benzene rings is 1. The van der Waals surface area contributed by atoms with Gasteiger partial charge in [-0.1, -0.05) is 12.1 Å². The molecule has 1 atom stereocenters. The zero-order valence-electron chi connectivity index (χ0n) is 11.5. The molecule has 21 heavy (non-hydrogen) atoms. The van der Waals surface area contributed by atoms with Crippen molar-refractivity contribution in [2.75, 3.05) is 12.9 Å². The van der Waals surface area contributed by atoms with E-state index < -0.39 is 27.8 Å². The quantitative estimate of drug-likeness (QED) is 0.834. The second-order valence-corrected chi connectivity index (χ2v) is 6.46. The fraction of sp³-hybridized carbons (Fsp3) is 0.385. The molecule has 1 aromatic carbocycles. The number of amides is 1. The van der Waals surface area contributed by atoms with Crippen molar-refractivity contribution in [1.29, 1.82) is 0 Å². The van der Waals surface area contributed by atoms with Gasteiger partial charge in [-0.15, -0.1) is 0 Å². The van der Waals surface area contributed by atoms with Crippen molar-refractivity contribution in [1.82, 2.24) is 0 Å². The summed E-state index contributed by atoms with van der Waals surface area (Å²) in [6, 6.07) is 5.85. The van der Waals surface area contributed by atoms with Crippen LogP contribution in [0.3, 0.4) is 0 Å². The molecule has 0 unspecified atom stereocenters. The van der Waals surface area contributed by atoms with Crippen LogP contribution in [-0.2, 0) is 19.4 Å². The predicted molar refractivity (Wildman–Crippen MR) is 74.7 cm³/mol. The highest BCUT2D eigenvalue weighted by Gasteiger charge is 2.21. The third-order valence-electron chi connectivity index (χ3n) is 2.76. The fourth-order valence-corrected chi connectivity index (χ4v) is 2.66. The van der Waals surface area contributed by atoms with Crippen LogP contribution in [0.5, 0.6) is 0 Å². The summed E-state index contributed by atoms with van der Waals surface area (Å²) in [6.45, 7) is 0.608. The van der Waals surface area contributed by atoms with Crippen molar-refractivity contribution < 1.29 is 27.9 Å². The van der Waals surface area contributed by atoms with E-state index in [1.807, 2.05) is 0 Å². The summed E-state index contributed by atoms with van der Waals surface area (Å²) in [5.41, 5.74) is 5.04. The number of hydrogen-bond acceptors (Lipinski definition) is 5. The van der Waals surface area contributed by atoms with E-state index in [4.69, 9.17) is 15.6 Å². The normalized spacial score (nSPS) is 17.7. The van der Waals surface area contributed by atoms with Gasteiger partial charge in [-0.25, -0.2) is 13.2 Å². The first-order valence-electron chi connectivity index (χ1n) is 6.16. The highest BCUT2D eigenvalue weighted by Crippen LogP contribution is 2.14. The van der Waals surface area contributed by atoms with Crippen LogP contribution in [0.15, 0.2) is 29.2 Å².